The van der Waals surface area contributed by atoms with Crippen LogP contribution in [0.4, 0.5) is 5.69 Å². The Labute approximate surface area is 148 Å². The van der Waals surface area contributed by atoms with Crippen LogP contribution in [0.1, 0.15) is 12.5 Å². The lowest BCUT2D eigenvalue weighted by molar-refractivity contribution is -0.385. The minimum absolute atomic E-state index is 0.0813. The number of nitro benzene ring substituents is 1. The molecule has 1 fully saturated rings. The van der Waals surface area contributed by atoms with E-state index in [2.05, 4.69) is 0 Å². The Balaban J connectivity index is 2.33. The van der Waals surface area contributed by atoms with Crippen LogP contribution in [0.15, 0.2) is 12.1 Å². The Bertz CT molecular complexity index is 761. The smallest absolute Gasteiger partial charge is 0.318 e. The van der Waals surface area contributed by atoms with Crippen LogP contribution in [0.3, 0.4) is 0 Å². The van der Waals surface area contributed by atoms with Crippen LogP contribution in [0.2, 0.25) is 0 Å². The molecule has 0 radical (unpaired) electrons. The lowest BCUT2D eigenvalue weighted by Gasteiger charge is -2.17. The molecule has 0 aliphatic carbocycles. The third-order valence-electron chi connectivity index (χ3n) is 3.93. The van der Waals surface area contributed by atoms with Gasteiger partial charge in [0, 0.05) is 6.54 Å². The molecule has 26 heavy (non-hydrogen) atoms. The van der Waals surface area contributed by atoms with Crippen molar-refractivity contribution in [1.29, 1.82) is 0 Å². The second-order valence-corrected chi connectivity index (χ2v) is 5.45. The molecule has 0 N–H and O–H groups in total. The molecule has 140 valence electrons. The summed E-state index contributed by atoms with van der Waals surface area (Å²) in [6, 6.07) is 2.55. The van der Waals surface area contributed by atoms with Crippen LogP contribution < -0.4 is 9.47 Å². The highest BCUT2D eigenvalue weighted by molar-refractivity contribution is 6.42. The predicted molar refractivity (Wildman–Crippen MR) is 86.7 cm³/mol. The van der Waals surface area contributed by atoms with Gasteiger partial charge >= 0.3 is 5.97 Å². The number of methoxy groups -OCH3 is 2. The molecule has 10 nitrogen and oxygen atoms in total. The van der Waals surface area contributed by atoms with Crippen LogP contribution in [0.25, 0.3) is 0 Å². The summed E-state index contributed by atoms with van der Waals surface area (Å²) in [5.74, 6) is -3.36. The number of nitro groups is 1. The second-order valence-electron chi connectivity index (χ2n) is 5.45. The van der Waals surface area contributed by atoms with Crippen LogP contribution >= 0.6 is 0 Å². The minimum Gasteiger partial charge on any atom is -0.493 e. The number of likely N-dealkylation sites (tertiary alicyclic amines) is 1. The van der Waals surface area contributed by atoms with Gasteiger partial charge in [-0.2, -0.15) is 0 Å². The molecular formula is C16H18N2O8. The van der Waals surface area contributed by atoms with Gasteiger partial charge in [-0.25, -0.2) is 0 Å². The van der Waals surface area contributed by atoms with Gasteiger partial charge in [0.15, 0.2) is 11.5 Å². The van der Waals surface area contributed by atoms with Gasteiger partial charge in [0.2, 0.25) is 5.78 Å². The first-order chi connectivity index (χ1) is 12.3. The molecular weight excluding hydrogens is 348 g/mol. The topological polar surface area (TPSA) is 125 Å². The summed E-state index contributed by atoms with van der Waals surface area (Å²) in [4.78, 5) is 47.7. The van der Waals surface area contributed by atoms with Crippen molar-refractivity contribution < 1.29 is 33.5 Å². The molecule has 1 unspecified atom stereocenters. The maximum Gasteiger partial charge on any atom is 0.318 e. The van der Waals surface area contributed by atoms with Crippen LogP contribution in [0.5, 0.6) is 11.5 Å². The molecule has 1 aliphatic heterocycles. The van der Waals surface area contributed by atoms with Gasteiger partial charge in [-0.3, -0.25) is 24.5 Å². The summed E-state index contributed by atoms with van der Waals surface area (Å²) < 4.78 is 15.0. The normalized spacial score (nSPS) is 16.6. The zero-order valence-corrected chi connectivity index (χ0v) is 14.5. The Kier molecular flexibility index (Phi) is 5.75. The number of esters is 1. The molecule has 1 saturated heterocycles. The number of ether oxygens (including phenoxy) is 3. The van der Waals surface area contributed by atoms with E-state index in [1.807, 2.05) is 0 Å². The highest BCUT2D eigenvalue weighted by Crippen LogP contribution is 2.35. The molecule has 0 aromatic heterocycles. The number of nitrogens with zero attached hydrogens (tertiary/aromatic N) is 2. The van der Waals surface area contributed by atoms with E-state index in [1.165, 1.54) is 26.4 Å². The molecule has 1 aromatic rings. The lowest BCUT2D eigenvalue weighted by Crippen LogP contribution is -2.27. The number of Topliss-reactive ketones (excluding diaryl/α,β-unsaturated/α-hetero) is 1. The number of carbonyl (C=O) groups is 3. The van der Waals surface area contributed by atoms with Crippen LogP contribution in [-0.2, 0) is 25.7 Å². The van der Waals surface area contributed by atoms with Gasteiger partial charge in [-0.05, 0) is 13.0 Å². The van der Waals surface area contributed by atoms with E-state index in [-0.39, 0.29) is 42.4 Å². The minimum atomic E-state index is -1.22. The highest BCUT2D eigenvalue weighted by atomic mass is 16.6. The number of ketones is 1. The molecule has 10 heteroatoms. The van der Waals surface area contributed by atoms with Crippen molar-refractivity contribution in [3.63, 3.8) is 0 Å². The van der Waals surface area contributed by atoms with E-state index < -0.39 is 28.5 Å². The Morgan fingerprint density at radius 3 is 2.42 bits per heavy atom. The third kappa shape index (κ3) is 3.58. The number of hydrogen-bond donors (Lipinski definition) is 0. The fraction of sp³-hybridized carbons (Fsp3) is 0.438. The van der Waals surface area contributed by atoms with Crippen molar-refractivity contribution in [2.45, 2.75) is 13.5 Å². The number of hydrogen-bond acceptors (Lipinski definition) is 8. The molecule has 1 aliphatic rings. The van der Waals surface area contributed by atoms with Crippen molar-refractivity contribution in [2.75, 3.05) is 27.4 Å². The van der Waals surface area contributed by atoms with Crippen molar-refractivity contribution in [3.8, 4) is 11.5 Å². The van der Waals surface area contributed by atoms with Gasteiger partial charge in [0.05, 0.1) is 43.9 Å². The number of amides is 1. The van der Waals surface area contributed by atoms with Crippen molar-refractivity contribution in [2.24, 2.45) is 5.92 Å². The van der Waals surface area contributed by atoms with Gasteiger partial charge in [-0.15, -0.1) is 0 Å². The standard InChI is InChI=1S/C16H18N2O8/c1-4-26-16(21)10-8-17(15(20)14(10)19)7-9-5-12(24-2)13(25-3)6-11(9)18(22)23/h5-6,10H,4,7-8H2,1-3H3. The number of carbonyl (C=O) groups excluding carboxylic acids is 3. The quantitative estimate of drug-likeness (QED) is 0.227. The Morgan fingerprint density at radius 1 is 1.27 bits per heavy atom. The molecule has 0 bridgehead atoms. The summed E-state index contributed by atoms with van der Waals surface area (Å²) in [5.41, 5.74) is -0.138. The summed E-state index contributed by atoms with van der Waals surface area (Å²) >= 11 is 0. The molecule has 1 heterocycles. The lowest BCUT2D eigenvalue weighted by atomic mass is 10.1. The monoisotopic (exact) mass is 366 g/mol. The van der Waals surface area contributed by atoms with E-state index in [1.54, 1.807) is 6.92 Å². The molecule has 0 spiro atoms. The van der Waals surface area contributed by atoms with Gasteiger partial charge in [0.25, 0.3) is 11.6 Å². The van der Waals surface area contributed by atoms with Gasteiger partial charge < -0.3 is 19.1 Å². The van der Waals surface area contributed by atoms with Gasteiger partial charge in [0.1, 0.15) is 5.92 Å². The first-order valence-corrected chi connectivity index (χ1v) is 7.73. The summed E-state index contributed by atoms with van der Waals surface area (Å²) in [6.45, 7) is 1.25. The fourth-order valence-corrected chi connectivity index (χ4v) is 2.66. The van der Waals surface area contributed by atoms with Crippen molar-refractivity contribution in [3.05, 3.63) is 27.8 Å². The second kappa shape index (κ2) is 7.81. The van der Waals surface area contributed by atoms with Crippen molar-refractivity contribution in [1.82, 2.24) is 4.90 Å². The number of benzene rings is 1. The Morgan fingerprint density at radius 2 is 1.88 bits per heavy atom. The maximum absolute atomic E-state index is 12.1. The fourth-order valence-electron chi connectivity index (χ4n) is 2.66. The van der Waals surface area contributed by atoms with E-state index >= 15 is 0 Å². The van der Waals surface area contributed by atoms with Gasteiger partial charge in [-0.1, -0.05) is 0 Å². The zero-order valence-electron chi connectivity index (χ0n) is 14.5. The first kappa shape index (κ1) is 19.2. The summed E-state index contributed by atoms with van der Waals surface area (Å²) in [6.07, 6.45) is 0. The maximum atomic E-state index is 12.1. The summed E-state index contributed by atoms with van der Waals surface area (Å²) in [7, 11) is 2.71. The van der Waals surface area contributed by atoms with Crippen LogP contribution in [-0.4, -0.2) is 54.9 Å². The average Bonchev–Trinajstić information content (AvgIpc) is 2.89. The van der Waals surface area contributed by atoms with E-state index in [9.17, 15) is 24.5 Å². The Hall–Kier alpha value is -3.17. The average molecular weight is 366 g/mol. The van der Waals surface area contributed by atoms with E-state index in [0.29, 0.717) is 0 Å². The van der Waals surface area contributed by atoms with Crippen LogP contribution in [0, 0.1) is 16.0 Å². The number of rotatable bonds is 7. The van der Waals surface area contributed by atoms with E-state index in [0.717, 1.165) is 4.90 Å². The molecule has 1 aromatic carbocycles. The van der Waals surface area contributed by atoms with Crippen molar-refractivity contribution >= 4 is 23.3 Å². The molecule has 0 saturated carbocycles. The first-order valence-electron chi connectivity index (χ1n) is 7.73. The highest BCUT2D eigenvalue weighted by Gasteiger charge is 2.44. The molecule has 2 rings (SSSR count). The molecule has 1 amide bonds. The molecule has 1 atom stereocenters. The SMILES string of the molecule is CCOC(=O)C1CN(Cc2cc(OC)c(OC)cc2[N+](=O)[O-])C(=O)C1=O. The third-order valence-corrected chi connectivity index (χ3v) is 3.93. The zero-order chi connectivity index (χ0) is 19.4. The largest absolute Gasteiger partial charge is 0.493 e. The predicted octanol–water partition coefficient (Wildman–Crippen LogP) is 0.703. The van der Waals surface area contributed by atoms with E-state index in [4.69, 9.17) is 14.2 Å². The summed E-state index contributed by atoms with van der Waals surface area (Å²) in [5, 5.41) is 11.3.